The van der Waals surface area contributed by atoms with Crippen LogP contribution in [0.3, 0.4) is 0 Å². The molecule has 1 heteroatoms. The fraction of sp³-hybridized carbons (Fsp3) is 0.529. The Morgan fingerprint density at radius 2 is 1.67 bits per heavy atom. The second-order valence-electron chi connectivity index (χ2n) is 4.76. The molecule has 0 amide bonds. The predicted molar refractivity (Wildman–Crippen MR) is 79.2 cm³/mol. The molecule has 0 bridgehead atoms. The van der Waals surface area contributed by atoms with E-state index in [9.17, 15) is 0 Å². The number of benzene rings is 1. The number of hydrogen-bond donors (Lipinski definition) is 0. The van der Waals surface area contributed by atoms with Crippen LogP contribution in [0.2, 0.25) is 0 Å². The minimum atomic E-state index is 1.03. The number of unbranched alkanes of at least 4 members (excludes halogenated alkanes) is 6. The largest absolute Gasteiger partial charge is 0.496 e. The van der Waals surface area contributed by atoms with Gasteiger partial charge in [-0.3, -0.25) is 0 Å². The summed E-state index contributed by atoms with van der Waals surface area (Å²) in [6, 6.07) is 8.34. The molecule has 0 spiro atoms. The van der Waals surface area contributed by atoms with Crippen LogP contribution in [-0.2, 0) is 6.42 Å². The van der Waals surface area contributed by atoms with Crippen LogP contribution in [0.15, 0.2) is 36.9 Å². The molecule has 1 aromatic carbocycles. The fourth-order valence-electron chi connectivity index (χ4n) is 2.22. The number of methoxy groups -OCH3 is 1. The van der Waals surface area contributed by atoms with Gasteiger partial charge in [0.05, 0.1) is 7.11 Å². The van der Waals surface area contributed by atoms with Gasteiger partial charge in [-0.15, -0.1) is 6.58 Å². The van der Waals surface area contributed by atoms with Gasteiger partial charge in [0.15, 0.2) is 0 Å². The molecule has 1 aromatic rings. The minimum Gasteiger partial charge on any atom is -0.496 e. The summed E-state index contributed by atoms with van der Waals surface area (Å²) in [7, 11) is 1.75. The molecule has 1 rings (SSSR count). The van der Waals surface area contributed by atoms with Crippen molar-refractivity contribution < 1.29 is 4.74 Å². The molecular weight excluding hydrogens is 220 g/mol. The molecule has 100 valence electrons. The van der Waals surface area contributed by atoms with Crippen molar-refractivity contribution in [3.05, 3.63) is 42.5 Å². The topological polar surface area (TPSA) is 9.23 Å². The van der Waals surface area contributed by atoms with E-state index in [0.29, 0.717) is 0 Å². The van der Waals surface area contributed by atoms with Crippen LogP contribution >= 0.6 is 0 Å². The van der Waals surface area contributed by atoms with Crippen molar-refractivity contribution in [1.82, 2.24) is 0 Å². The third kappa shape index (κ3) is 5.90. The molecule has 0 N–H and O–H groups in total. The lowest BCUT2D eigenvalue weighted by atomic mass is 10.0. The van der Waals surface area contributed by atoms with Crippen molar-refractivity contribution in [2.45, 2.75) is 51.4 Å². The lowest BCUT2D eigenvalue weighted by Gasteiger charge is -2.07. The van der Waals surface area contributed by atoms with Gasteiger partial charge >= 0.3 is 0 Å². The van der Waals surface area contributed by atoms with Crippen LogP contribution in [0, 0.1) is 0 Å². The summed E-state index contributed by atoms with van der Waals surface area (Å²) in [5, 5.41) is 0. The lowest BCUT2D eigenvalue weighted by molar-refractivity contribution is 0.408. The molecule has 0 saturated heterocycles. The van der Waals surface area contributed by atoms with Crippen LogP contribution in [0.25, 0.3) is 0 Å². The number of allylic oxidation sites excluding steroid dienone is 1. The Morgan fingerprint density at radius 3 is 2.39 bits per heavy atom. The van der Waals surface area contributed by atoms with E-state index in [1.807, 2.05) is 18.2 Å². The molecule has 0 unspecified atom stereocenters. The van der Waals surface area contributed by atoms with Crippen molar-refractivity contribution in [1.29, 1.82) is 0 Å². The molecule has 0 radical (unpaired) electrons. The molecule has 0 aliphatic heterocycles. The van der Waals surface area contributed by atoms with Gasteiger partial charge < -0.3 is 4.74 Å². The predicted octanol–water partition coefficient (Wildman–Crippen LogP) is 5.15. The maximum Gasteiger partial charge on any atom is 0.122 e. The second-order valence-corrected chi connectivity index (χ2v) is 4.76. The molecule has 0 aromatic heterocycles. The highest BCUT2D eigenvalue weighted by Crippen LogP contribution is 2.20. The zero-order valence-electron chi connectivity index (χ0n) is 11.7. The van der Waals surface area contributed by atoms with Gasteiger partial charge in [-0.1, -0.05) is 50.0 Å². The number of ether oxygens (including phenoxy) is 1. The Hall–Kier alpha value is -1.24. The van der Waals surface area contributed by atoms with Gasteiger partial charge in [0, 0.05) is 0 Å². The molecule has 1 nitrogen and oxygen atoms in total. The van der Waals surface area contributed by atoms with Crippen LogP contribution in [-0.4, -0.2) is 7.11 Å². The van der Waals surface area contributed by atoms with Crippen LogP contribution in [0.1, 0.15) is 50.5 Å². The van der Waals surface area contributed by atoms with Gasteiger partial charge in [0.25, 0.3) is 0 Å². The molecule has 0 aliphatic rings. The molecule has 0 heterocycles. The van der Waals surface area contributed by atoms with Crippen molar-refractivity contribution in [2.24, 2.45) is 0 Å². The standard InChI is InChI=1S/C17H26O/c1-3-4-5-6-7-8-9-10-13-16-14-11-12-15-17(16)18-2/h3,11-12,14-15H,1,4-10,13H2,2H3. The summed E-state index contributed by atoms with van der Waals surface area (Å²) < 4.78 is 5.36. The van der Waals surface area contributed by atoms with E-state index in [2.05, 4.69) is 18.7 Å². The summed E-state index contributed by atoms with van der Waals surface area (Å²) in [6.45, 7) is 3.75. The summed E-state index contributed by atoms with van der Waals surface area (Å²) in [6.07, 6.45) is 12.3. The van der Waals surface area contributed by atoms with E-state index in [4.69, 9.17) is 4.74 Å². The van der Waals surface area contributed by atoms with Crippen LogP contribution in [0.5, 0.6) is 5.75 Å². The number of para-hydroxylation sites is 1. The average molecular weight is 246 g/mol. The van der Waals surface area contributed by atoms with Crippen LogP contribution < -0.4 is 4.74 Å². The van der Waals surface area contributed by atoms with E-state index >= 15 is 0 Å². The molecule has 0 fully saturated rings. The zero-order valence-corrected chi connectivity index (χ0v) is 11.7. The Balaban J connectivity index is 2.08. The van der Waals surface area contributed by atoms with E-state index in [0.717, 1.165) is 12.2 Å². The first kappa shape index (κ1) is 14.8. The average Bonchev–Trinajstić information content (AvgIpc) is 2.42. The second kappa shape index (κ2) is 9.76. The SMILES string of the molecule is C=CCCCCCCCCc1ccccc1OC. The van der Waals surface area contributed by atoms with Gasteiger partial charge in [0.1, 0.15) is 5.75 Å². The first-order valence-electron chi connectivity index (χ1n) is 7.11. The normalized spacial score (nSPS) is 10.3. The Labute approximate surface area is 112 Å². The summed E-state index contributed by atoms with van der Waals surface area (Å²) in [5.41, 5.74) is 1.34. The Kier molecular flexibility index (Phi) is 8.03. The smallest absolute Gasteiger partial charge is 0.122 e. The maximum absolute atomic E-state index is 5.36. The zero-order chi connectivity index (χ0) is 13.1. The first-order valence-corrected chi connectivity index (χ1v) is 7.11. The minimum absolute atomic E-state index is 1.03. The third-order valence-corrected chi connectivity index (χ3v) is 3.30. The van der Waals surface area contributed by atoms with Crippen molar-refractivity contribution >= 4 is 0 Å². The quantitative estimate of drug-likeness (QED) is 0.409. The van der Waals surface area contributed by atoms with Crippen LogP contribution in [0.4, 0.5) is 0 Å². The van der Waals surface area contributed by atoms with Crippen molar-refractivity contribution in [2.75, 3.05) is 7.11 Å². The van der Waals surface area contributed by atoms with Crippen molar-refractivity contribution in [3.8, 4) is 5.75 Å². The highest BCUT2D eigenvalue weighted by atomic mass is 16.5. The Bertz CT molecular complexity index is 330. The molecule has 0 saturated carbocycles. The molecular formula is C17H26O. The summed E-state index contributed by atoms with van der Waals surface area (Å²) in [4.78, 5) is 0. The molecule has 0 atom stereocenters. The Morgan fingerprint density at radius 1 is 1.00 bits per heavy atom. The van der Waals surface area contributed by atoms with Crippen molar-refractivity contribution in [3.63, 3.8) is 0 Å². The molecule has 0 aliphatic carbocycles. The highest BCUT2D eigenvalue weighted by molar-refractivity contribution is 5.33. The first-order chi connectivity index (χ1) is 8.88. The molecule has 18 heavy (non-hydrogen) atoms. The fourth-order valence-corrected chi connectivity index (χ4v) is 2.22. The number of hydrogen-bond acceptors (Lipinski definition) is 1. The monoisotopic (exact) mass is 246 g/mol. The van der Waals surface area contributed by atoms with E-state index in [1.165, 1.54) is 50.5 Å². The summed E-state index contributed by atoms with van der Waals surface area (Å²) in [5.74, 6) is 1.03. The van der Waals surface area contributed by atoms with Gasteiger partial charge in [-0.25, -0.2) is 0 Å². The van der Waals surface area contributed by atoms with E-state index < -0.39 is 0 Å². The van der Waals surface area contributed by atoms with Gasteiger partial charge in [-0.2, -0.15) is 0 Å². The number of rotatable bonds is 10. The summed E-state index contributed by atoms with van der Waals surface area (Å²) >= 11 is 0. The third-order valence-electron chi connectivity index (χ3n) is 3.30. The van der Waals surface area contributed by atoms with E-state index in [-0.39, 0.29) is 0 Å². The van der Waals surface area contributed by atoms with Gasteiger partial charge in [0.2, 0.25) is 0 Å². The maximum atomic E-state index is 5.36. The van der Waals surface area contributed by atoms with Gasteiger partial charge in [-0.05, 0) is 37.3 Å². The van der Waals surface area contributed by atoms with E-state index in [1.54, 1.807) is 7.11 Å². The number of aryl methyl sites for hydroxylation is 1. The lowest BCUT2D eigenvalue weighted by Crippen LogP contribution is -1.92. The highest BCUT2D eigenvalue weighted by Gasteiger charge is 2.00.